The van der Waals surface area contributed by atoms with E-state index in [9.17, 15) is 14.4 Å². The fraction of sp³-hybridized carbons (Fsp3) is 0.263. The second-order valence-electron chi connectivity index (χ2n) is 6.20. The van der Waals surface area contributed by atoms with Crippen molar-refractivity contribution in [1.82, 2.24) is 14.8 Å². The van der Waals surface area contributed by atoms with Gasteiger partial charge < -0.3 is 4.90 Å². The molecule has 0 unspecified atom stereocenters. The van der Waals surface area contributed by atoms with E-state index in [4.69, 9.17) is 0 Å². The Morgan fingerprint density at radius 1 is 1.08 bits per heavy atom. The van der Waals surface area contributed by atoms with Gasteiger partial charge in [0.2, 0.25) is 5.91 Å². The number of carbonyl (C=O) groups is 3. The maximum atomic E-state index is 12.7. The van der Waals surface area contributed by atoms with Crippen LogP contribution in [-0.4, -0.2) is 45.1 Å². The number of amides is 3. The molecule has 3 rings (SSSR count). The number of nitrogens with zero attached hydrogens (tertiary/aromatic N) is 3. The Hall–Kier alpha value is -3.02. The predicted molar refractivity (Wildman–Crippen MR) is 91.7 cm³/mol. The molecule has 6 heteroatoms. The van der Waals surface area contributed by atoms with Crippen LogP contribution in [0.5, 0.6) is 0 Å². The van der Waals surface area contributed by atoms with Gasteiger partial charge in [0.25, 0.3) is 11.8 Å². The molecule has 0 spiro atoms. The van der Waals surface area contributed by atoms with Gasteiger partial charge in [0.05, 0.1) is 5.56 Å². The lowest BCUT2D eigenvalue weighted by Crippen LogP contribution is -2.45. The summed E-state index contributed by atoms with van der Waals surface area (Å²) in [7, 11) is 0. The first-order chi connectivity index (χ1) is 12.0. The van der Waals surface area contributed by atoms with Crippen molar-refractivity contribution in [2.75, 3.05) is 6.54 Å². The first kappa shape index (κ1) is 16.8. The van der Waals surface area contributed by atoms with Crippen molar-refractivity contribution in [3.63, 3.8) is 0 Å². The molecule has 0 saturated carbocycles. The molecule has 0 bridgehead atoms. The van der Waals surface area contributed by atoms with Crippen molar-refractivity contribution >= 4 is 17.7 Å². The molecule has 25 heavy (non-hydrogen) atoms. The molecule has 128 valence electrons. The molecule has 0 fully saturated rings. The highest BCUT2D eigenvalue weighted by Gasteiger charge is 2.38. The minimum atomic E-state index is -0.516. The van der Waals surface area contributed by atoms with Crippen molar-refractivity contribution in [3.05, 3.63) is 65.5 Å². The highest BCUT2D eigenvalue weighted by atomic mass is 16.2. The first-order valence-corrected chi connectivity index (χ1v) is 8.13. The number of benzene rings is 1. The van der Waals surface area contributed by atoms with Crippen LogP contribution in [0, 0.1) is 0 Å². The van der Waals surface area contributed by atoms with Gasteiger partial charge in [-0.1, -0.05) is 30.3 Å². The Bertz CT molecular complexity index is 783. The molecule has 1 aromatic heterocycles. The lowest BCUT2D eigenvalue weighted by molar-refractivity contribution is -0.133. The van der Waals surface area contributed by atoms with Crippen molar-refractivity contribution in [1.29, 1.82) is 0 Å². The Labute approximate surface area is 146 Å². The van der Waals surface area contributed by atoms with Crippen molar-refractivity contribution in [2.45, 2.75) is 26.4 Å². The first-order valence-electron chi connectivity index (χ1n) is 8.13. The summed E-state index contributed by atoms with van der Waals surface area (Å²) >= 11 is 0. The molecule has 0 atom stereocenters. The molecular formula is C19H19N3O3. The van der Waals surface area contributed by atoms with Crippen LogP contribution < -0.4 is 0 Å². The standard InChI is InChI=1S/C19H19N3O3/c1-13(2)21(11-14-7-4-3-5-8-14)16(23)12-22-18(24)15-9-6-10-20-17(15)19(22)25/h3-10,13H,11-12H2,1-2H3. The third-order valence-corrected chi connectivity index (χ3v) is 4.16. The number of aromatic nitrogens is 1. The van der Waals surface area contributed by atoms with Crippen molar-refractivity contribution < 1.29 is 14.4 Å². The minimum absolute atomic E-state index is 0.0546. The number of rotatable bonds is 5. The van der Waals surface area contributed by atoms with Crippen LogP contribution in [0.15, 0.2) is 48.7 Å². The Morgan fingerprint density at radius 3 is 2.44 bits per heavy atom. The lowest BCUT2D eigenvalue weighted by atomic mass is 10.2. The summed E-state index contributed by atoms with van der Waals surface area (Å²) in [5.41, 5.74) is 1.35. The number of fused-ring (bicyclic) bond motifs is 1. The van der Waals surface area contributed by atoms with Crippen LogP contribution in [-0.2, 0) is 11.3 Å². The third-order valence-electron chi connectivity index (χ3n) is 4.16. The number of carbonyl (C=O) groups excluding carboxylic acids is 3. The summed E-state index contributed by atoms with van der Waals surface area (Å²) in [6, 6.07) is 12.7. The van der Waals surface area contributed by atoms with E-state index in [2.05, 4.69) is 4.98 Å². The van der Waals surface area contributed by atoms with E-state index in [1.54, 1.807) is 17.0 Å². The topological polar surface area (TPSA) is 70.6 Å². The largest absolute Gasteiger partial charge is 0.334 e. The molecule has 2 aromatic rings. The van der Waals surface area contributed by atoms with Crippen LogP contribution in [0.25, 0.3) is 0 Å². The van der Waals surface area contributed by atoms with E-state index in [0.29, 0.717) is 6.54 Å². The molecule has 1 aliphatic heterocycles. The summed E-state index contributed by atoms with van der Waals surface area (Å²) in [5.74, 6) is -1.25. The van der Waals surface area contributed by atoms with Gasteiger partial charge in [-0.25, -0.2) is 0 Å². The number of hydrogen-bond acceptors (Lipinski definition) is 4. The monoisotopic (exact) mass is 337 g/mol. The van der Waals surface area contributed by atoms with Crippen LogP contribution in [0.3, 0.4) is 0 Å². The van der Waals surface area contributed by atoms with E-state index in [-0.39, 0.29) is 29.8 Å². The van der Waals surface area contributed by atoms with Gasteiger partial charge in [0.15, 0.2) is 0 Å². The molecule has 0 aliphatic carbocycles. The van der Waals surface area contributed by atoms with Gasteiger partial charge in [-0.3, -0.25) is 24.3 Å². The fourth-order valence-electron chi connectivity index (χ4n) is 2.82. The van der Waals surface area contributed by atoms with Crippen molar-refractivity contribution in [3.8, 4) is 0 Å². The van der Waals surface area contributed by atoms with Crippen LogP contribution in [0.2, 0.25) is 0 Å². The predicted octanol–water partition coefficient (Wildman–Crippen LogP) is 2.11. The number of imide groups is 1. The molecule has 0 saturated heterocycles. The third kappa shape index (κ3) is 3.28. The van der Waals surface area contributed by atoms with Crippen LogP contribution in [0.1, 0.15) is 40.3 Å². The Kier molecular flexibility index (Phi) is 4.61. The summed E-state index contributed by atoms with van der Waals surface area (Å²) in [6.07, 6.45) is 1.46. The zero-order valence-corrected chi connectivity index (χ0v) is 14.2. The van der Waals surface area contributed by atoms with Crippen molar-refractivity contribution in [2.24, 2.45) is 0 Å². The quantitative estimate of drug-likeness (QED) is 0.784. The molecule has 0 N–H and O–H groups in total. The van der Waals surface area contributed by atoms with Gasteiger partial charge in [-0.2, -0.15) is 0 Å². The second-order valence-corrected chi connectivity index (χ2v) is 6.20. The highest BCUT2D eigenvalue weighted by molar-refractivity contribution is 6.21. The zero-order chi connectivity index (χ0) is 18.0. The van der Waals surface area contributed by atoms with E-state index in [0.717, 1.165) is 10.5 Å². The van der Waals surface area contributed by atoms with Crippen LogP contribution in [0.4, 0.5) is 0 Å². The minimum Gasteiger partial charge on any atom is -0.334 e. The Balaban J connectivity index is 1.76. The smallest absolute Gasteiger partial charge is 0.280 e. The maximum absolute atomic E-state index is 12.7. The molecule has 6 nitrogen and oxygen atoms in total. The average Bonchev–Trinajstić information content (AvgIpc) is 2.85. The van der Waals surface area contributed by atoms with Gasteiger partial charge in [-0.15, -0.1) is 0 Å². The SMILES string of the molecule is CC(C)N(Cc1ccccc1)C(=O)CN1C(=O)c2cccnc2C1=O. The number of pyridine rings is 1. The van der Waals surface area contributed by atoms with Gasteiger partial charge in [0, 0.05) is 18.8 Å². The van der Waals surface area contributed by atoms with Gasteiger partial charge in [-0.05, 0) is 31.5 Å². The van der Waals surface area contributed by atoms with E-state index in [1.165, 1.54) is 6.20 Å². The summed E-state index contributed by atoms with van der Waals surface area (Å²) < 4.78 is 0. The molecular weight excluding hydrogens is 318 g/mol. The summed E-state index contributed by atoms with van der Waals surface area (Å²) in [5, 5.41) is 0. The second kappa shape index (κ2) is 6.84. The highest BCUT2D eigenvalue weighted by Crippen LogP contribution is 2.21. The van der Waals surface area contributed by atoms with E-state index >= 15 is 0 Å². The zero-order valence-electron chi connectivity index (χ0n) is 14.2. The molecule has 2 heterocycles. The fourth-order valence-corrected chi connectivity index (χ4v) is 2.82. The lowest BCUT2D eigenvalue weighted by Gasteiger charge is -2.28. The maximum Gasteiger partial charge on any atom is 0.280 e. The van der Waals surface area contributed by atoms with E-state index < -0.39 is 11.8 Å². The summed E-state index contributed by atoms with van der Waals surface area (Å²) in [6.45, 7) is 3.97. The molecule has 1 aromatic carbocycles. The van der Waals surface area contributed by atoms with Crippen LogP contribution >= 0.6 is 0 Å². The normalized spacial score (nSPS) is 13.3. The molecule has 3 amide bonds. The Morgan fingerprint density at radius 2 is 1.80 bits per heavy atom. The summed E-state index contributed by atoms with van der Waals surface area (Å²) in [4.78, 5) is 44.1. The average molecular weight is 337 g/mol. The molecule has 0 radical (unpaired) electrons. The van der Waals surface area contributed by atoms with E-state index in [1.807, 2.05) is 44.2 Å². The number of hydrogen-bond donors (Lipinski definition) is 0. The van der Waals surface area contributed by atoms with Gasteiger partial charge >= 0.3 is 0 Å². The molecule has 1 aliphatic rings. The van der Waals surface area contributed by atoms with Gasteiger partial charge in [0.1, 0.15) is 12.2 Å².